The zero-order valence-corrected chi connectivity index (χ0v) is 11.5. The Kier molecular flexibility index (Phi) is 4.32. The highest BCUT2D eigenvalue weighted by molar-refractivity contribution is 6.33. The Morgan fingerprint density at radius 3 is 2.45 bits per heavy atom. The minimum absolute atomic E-state index is 0.0561. The van der Waals surface area contributed by atoms with Crippen LogP contribution in [0.4, 0.5) is 11.4 Å². The average Bonchev–Trinajstić information content (AvgIpc) is 2.46. The second-order valence-electron chi connectivity index (χ2n) is 4.09. The van der Waals surface area contributed by atoms with E-state index in [1.807, 2.05) is 25.1 Å². The van der Waals surface area contributed by atoms with Gasteiger partial charge in [-0.1, -0.05) is 23.7 Å². The van der Waals surface area contributed by atoms with Crippen molar-refractivity contribution in [2.45, 2.75) is 6.92 Å². The molecule has 0 saturated heterocycles. The summed E-state index contributed by atoms with van der Waals surface area (Å²) >= 11 is 6.00. The molecule has 2 aromatic rings. The largest absolute Gasteiger partial charge is 0.277 e. The van der Waals surface area contributed by atoms with Gasteiger partial charge in [0, 0.05) is 12.1 Å². The van der Waals surface area contributed by atoms with Crippen LogP contribution in [0.3, 0.4) is 0 Å². The normalized spacial score (nSPS) is 11.2. The van der Waals surface area contributed by atoms with E-state index in [4.69, 9.17) is 11.6 Å². The summed E-state index contributed by atoms with van der Waals surface area (Å²) in [6, 6.07) is 13.5. The molecule has 0 spiro atoms. The lowest BCUT2D eigenvalue weighted by atomic mass is 10.1. The van der Waals surface area contributed by atoms with Gasteiger partial charge in [0.05, 0.1) is 21.3 Å². The summed E-state index contributed by atoms with van der Waals surface area (Å²) in [5.41, 5.74) is 5.14. The Labute approximate surface area is 121 Å². The van der Waals surface area contributed by atoms with Crippen LogP contribution in [-0.4, -0.2) is 10.6 Å². The van der Waals surface area contributed by atoms with Crippen molar-refractivity contribution in [3.05, 3.63) is 69.2 Å². The molecule has 0 amide bonds. The number of hydrogen-bond donors (Lipinski definition) is 1. The first-order valence-corrected chi connectivity index (χ1v) is 6.25. The molecule has 0 radical (unpaired) electrons. The smallest absolute Gasteiger partial charge is 0.269 e. The van der Waals surface area contributed by atoms with Crippen molar-refractivity contribution in [2.75, 3.05) is 5.43 Å². The molecule has 2 rings (SSSR count). The molecule has 102 valence electrons. The Hall–Kier alpha value is -2.40. The molecule has 5 nitrogen and oxygen atoms in total. The minimum atomic E-state index is -0.432. The monoisotopic (exact) mass is 289 g/mol. The fraction of sp³-hybridized carbons (Fsp3) is 0.0714. The van der Waals surface area contributed by atoms with Gasteiger partial charge in [-0.3, -0.25) is 15.5 Å². The topological polar surface area (TPSA) is 67.5 Å². The third-order valence-electron chi connectivity index (χ3n) is 2.71. The zero-order valence-electron chi connectivity index (χ0n) is 10.7. The van der Waals surface area contributed by atoms with Gasteiger partial charge in [0.25, 0.3) is 5.69 Å². The molecule has 0 aliphatic rings. The van der Waals surface area contributed by atoms with Crippen LogP contribution in [0.2, 0.25) is 5.02 Å². The summed E-state index contributed by atoms with van der Waals surface area (Å²) in [6.45, 7) is 1.81. The number of halogens is 1. The predicted molar refractivity (Wildman–Crippen MR) is 80.4 cm³/mol. The number of hydrazone groups is 1. The van der Waals surface area contributed by atoms with Crippen LogP contribution in [0.25, 0.3) is 0 Å². The van der Waals surface area contributed by atoms with Gasteiger partial charge in [-0.25, -0.2) is 0 Å². The van der Waals surface area contributed by atoms with Crippen molar-refractivity contribution in [1.29, 1.82) is 0 Å². The molecule has 0 aliphatic carbocycles. The van der Waals surface area contributed by atoms with Gasteiger partial charge in [-0.2, -0.15) is 5.10 Å². The van der Waals surface area contributed by atoms with Gasteiger partial charge in [-0.15, -0.1) is 0 Å². The van der Waals surface area contributed by atoms with Crippen molar-refractivity contribution in [3.63, 3.8) is 0 Å². The lowest BCUT2D eigenvalue weighted by Gasteiger charge is -2.05. The summed E-state index contributed by atoms with van der Waals surface area (Å²) < 4.78 is 0. The van der Waals surface area contributed by atoms with Crippen LogP contribution in [-0.2, 0) is 0 Å². The molecule has 6 heteroatoms. The number of hydrogen-bond acceptors (Lipinski definition) is 4. The number of benzene rings is 2. The lowest BCUT2D eigenvalue weighted by molar-refractivity contribution is -0.384. The van der Waals surface area contributed by atoms with Crippen molar-refractivity contribution < 1.29 is 4.92 Å². The molecular weight excluding hydrogens is 278 g/mol. The molecular formula is C14H12ClN3O2. The van der Waals surface area contributed by atoms with Crippen molar-refractivity contribution in [2.24, 2.45) is 5.10 Å². The van der Waals surface area contributed by atoms with E-state index in [0.717, 1.165) is 5.56 Å². The van der Waals surface area contributed by atoms with Gasteiger partial charge >= 0.3 is 0 Å². The standard InChI is InChI=1S/C14H12ClN3O2/c1-10(11-6-8-12(9-7-11)18(19)20)16-17-14-5-3-2-4-13(14)15/h2-9,17H,1H3/b16-10-. The van der Waals surface area contributed by atoms with Crippen LogP contribution in [0.5, 0.6) is 0 Å². The molecule has 0 aliphatic heterocycles. The van der Waals surface area contributed by atoms with E-state index >= 15 is 0 Å². The van der Waals surface area contributed by atoms with Crippen LogP contribution in [0.1, 0.15) is 12.5 Å². The Morgan fingerprint density at radius 1 is 1.20 bits per heavy atom. The molecule has 0 bridgehead atoms. The number of rotatable bonds is 4. The second kappa shape index (κ2) is 6.16. The Balaban J connectivity index is 2.14. The maximum Gasteiger partial charge on any atom is 0.269 e. The molecule has 20 heavy (non-hydrogen) atoms. The average molecular weight is 290 g/mol. The first-order chi connectivity index (χ1) is 9.58. The predicted octanol–water partition coefficient (Wildman–Crippen LogP) is 4.08. The highest BCUT2D eigenvalue weighted by Crippen LogP contribution is 2.20. The molecule has 2 aromatic carbocycles. The molecule has 0 fully saturated rings. The second-order valence-corrected chi connectivity index (χ2v) is 4.50. The van der Waals surface area contributed by atoms with E-state index in [-0.39, 0.29) is 5.69 Å². The molecule has 0 heterocycles. The third kappa shape index (κ3) is 3.33. The van der Waals surface area contributed by atoms with Crippen molar-refractivity contribution >= 4 is 28.7 Å². The molecule has 0 unspecified atom stereocenters. The first kappa shape index (κ1) is 14.0. The SMILES string of the molecule is C/C(=N/Nc1ccccc1Cl)c1ccc([N+](=O)[O-])cc1. The van der Waals surface area contributed by atoms with Crippen molar-refractivity contribution in [3.8, 4) is 0 Å². The summed E-state index contributed by atoms with van der Waals surface area (Å²) in [5, 5.41) is 15.4. The summed E-state index contributed by atoms with van der Waals surface area (Å²) in [7, 11) is 0. The number of nitro benzene ring substituents is 1. The number of nitrogens with one attached hydrogen (secondary N) is 1. The lowest BCUT2D eigenvalue weighted by Crippen LogP contribution is -2.00. The summed E-state index contributed by atoms with van der Waals surface area (Å²) in [4.78, 5) is 10.1. The number of anilines is 1. The van der Waals surface area contributed by atoms with Gasteiger partial charge < -0.3 is 0 Å². The van der Waals surface area contributed by atoms with E-state index in [0.29, 0.717) is 16.4 Å². The Morgan fingerprint density at radius 2 is 1.85 bits per heavy atom. The summed E-state index contributed by atoms with van der Waals surface area (Å²) in [6.07, 6.45) is 0. The van der Waals surface area contributed by atoms with Crippen LogP contribution in [0, 0.1) is 10.1 Å². The van der Waals surface area contributed by atoms with E-state index in [9.17, 15) is 10.1 Å². The molecule has 0 aromatic heterocycles. The highest BCUT2D eigenvalue weighted by Gasteiger charge is 2.05. The quantitative estimate of drug-likeness (QED) is 0.524. The maximum absolute atomic E-state index is 10.6. The van der Waals surface area contributed by atoms with Gasteiger partial charge in [-0.05, 0) is 36.8 Å². The molecule has 1 N–H and O–H groups in total. The van der Waals surface area contributed by atoms with E-state index in [1.54, 1.807) is 18.2 Å². The van der Waals surface area contributed by atoms with Crippen LogP contribution < -0.4 is 5.43 Å². The first-order valence-electron chi connectivity index (χ1n) is 5.87. The van der Waals surface area contributed by atoms with Crippen LogP contribution >= 0.6 is 11.6 Å². The van der Waals surface area contributed by atoms with Gasteiger partial charge in [0.15, 0.2) is 0 Å². The van der Waals surface area contributed by atoms with E-state index < -0.39 is 4.92 Å². The number of nitro groups is 1. The Bertz CT molecular complexity index is 654. The third-order valence-corrected chi connectivity index (χ3v) is 3.04. The number of para-hydroxylation sites is 1. The summed E-state index contributed by atoms with van der Waals surface area (Å²) in [5.74, 6) is 0. The zero-order chi connectivity index (χ0) is 14.5. The van der Waals surface area contributed by atoms with Gasteiger partial charge in [0.1, 0.15) is 0 Å². The van der Waals surface area contributed by atoms with Crippen LogP contribution in [0.15, 0.2) is 53.6 Å². The number of non-ortho nitro benzene ring substituents is 1. The fourth-order valence-corrected chi connectivity index (χ4v) is 1.76. The molecule has 0 saturated carbocycles. The van der Waals surface area contributed by atoms with E-state index in [1.165, 1.54) is 12.1 Å². The van der Waals surface area contributed by atoms with Gasteiger partial charge in [0.2, 0.25) is 0 Å². The number of nitrogens with zero attached hydrogens (tertiary/aromatic N) is 2. The highest BCUT2D eigenvalue weighted by atomic mass is 35.5. The minimum Gasteiger partial charge on any atom is -0.277 e. The molecule has 0 atom stereocenters. The fourth-order valence-electron chi connectivity index (χ4n) is 1.58. The van der Waals surface area contributed by atoms with E-state index in [2.05, 4.69) is 10.5 Å². The van der Waals surface area contributed by atoms with Crippen molar-refractivity contribution in [1.82, 2.24) is 0 Å². The maximum atomic E-state index is 10.6.